The number of nitro benzene ring substituents is 1. The smallest absolute Gasteiger partial charge is 0.269 e. The van der Waals surface area contributed by atoms with Crippen molar-refractivity contribution in [2.24, 2.45) is 10.5 Å². The van der Waals surface area contributed by atoms with Gasteiger partial charge in [-0.05, 0) is 37.0 Å². The van der Waals surface area contributed by atoms with E-state index in [-0.39, 0.29) is 24.9 Å². The second kappa shape index (κ2) is 11.7. The average Bonchev–Trinajstić information content (AvgIpc) is 2.80. The van der Waals surface area contributed by atoms with E-state index in [0.717, 1.165) is 5.56 Å². The zero-order chi connectivity index (χ0) is 22.5. The summed E-state index contributed by atoms with van der Waals surface area (Å²) in [5.41, 5.74) is 4.34. The summed E-state index contributed by atoms with van der Waals surface area (Å²) in [7, 11) is 0. The molecule has 31 heavy (non-hydrogen) atoms. The van der Waals surface area contributed by atoms with Crippen molar-refractivity contribution < 1.29 is 4.92 Å². The fraction of sp³-hybridized carbons (Fsp3) is 0.304. The molecule has 1 N–H and O–H groups in total. The van der Waals surface area contributed by atoms with E-state index in [9.17, 15) is 25.9 Å². The zero-order valence-corrected chi connectivity index (χ0v) is 17.0. The molecule has 0 amide bonds. The van der Waals surface area contributed by atoms with Gasteiger partial charge in [0.2, 0.25) is 0 Å². The van der Waals surface area contributed by atoms with Crippen molar-refractivity contribution in [3.8, 4) is 18.2 Å². The molecule has 0 radical (unpaired) electrons. The van der Waals surface area contributed by atoms with Gasteiger partial charge < -0.3 is 0 Å². The third-order valence-electron chi connectivity index (χ3n) is 5.07. The molecule has 0 bridgehead atoms. The van der Waals surface area contributed by atoms with Gasteiger partial charge >= 0.3 is 0 Å². The lowest BCUT2D eigenvalue weighted by molar-refractivity contribution is -0.384. The molecular weight excluding hydrogens is 392 g/mol. The molecule has 0 fully saturated rings. The van der Waals surface area contributed by atoms with Gasteiger partial charge in [-0.2, -0.15) is 20.9 Å². The van der Waals surface area contributed by atoms with Crippen LogP contribution in [0, 0.1) is 49.5 Å². The monoisotopic (exact) mass is 414 g/mol. The van der Waals surface area contributed by atoms with E-state index in [1.54, 1.807) is 12.1 Å². The van der Waals surface area contributed by atoms with Gasteiger partial charge in [0.05, 0.1) is 34.5 Å². The van der Waals surface area contributed by atoms with E-state index in [4.69, 9.17) is 0 Å². The van der Waals surface area contributed by atoms with Crippen LogP contribution in [0.15, 0.2) is 59.7 Å². The van der Waals surface area contributed by atoms with E-state index in [0.29, 0.717) is 30.7 Å². The molecule has 0 atom stereocenters. The Bertz CT molecular complexity index is 981. The van der Waals surface area contributed by atoms with Crippen LogP contribution in [0.5, 0.6) is 0 Å². The summed E-state index contributed by atoms with van der Waals surface area (Å²) in [6, 6.07) is 21.8. The summed E-state index contributed by atoms with van der Waals surface area (Å²) in [5.74, 6) is 0. The Morgan fingerprint density at radius 1 is 0.903 bits per heavy atom. The number of hydrogen-bond acceptors (Lipinski definition) is 7. The summed E-state index contributed by atoms with van der Waals surface area (Å²) >= 11 is 0. The average molecular weight is 414 g/mol. The predicted molar refractivity (Wildman–Crippen MR) is 117 cm³/mol. The van der Waals surface area contributed by atoms with Crippen LogP contribution in [0.25, 0.3) is 0 Å². The largest absolute Gasteiger partial charge is 0.278 e. The number of nitrogens with one attached hydrogen (secondary N) is 1. The third kappa shape index (κ3) is 6.39. The summed E-state index contributed by atoms with van der Waals surface area (Å²) in [6.45, 7) is 0. The number of nitriles is 3. The minimum Gasteiger partial charge on any atom is -0.278 e. The second-order valence-corrected chi connectivity index (χ2v) is 7.00. The molecule has 2 aromatic carbocycles. The molecule has 0 saturated carbocycles. The van der Waals surface area contributed by atoms with Crippen molar-refractivity contribution >= 4 is 17.1 Å². The maximum atomic E-state index is 10.9. The van der Waals surface area contributed by atoms with Crippen LogP contribution in [0.3, 0.4) is 0 Å². The van der Waals surface area contributed by atoms with Crippen LogP contribution in [0.1, 0.15) is 44.1 Å². The lowest BCUT2D eigenvalue weighted by atomic mass is 9.70. The van der Waals surface area contributed by atoms with Crippen molar-refractivity contribution in [2.75, 3.05) is 5.43 Å². The first kappa shape index (κ1) is 23.1. The lowest BCUT2D eigenvalue weighted by Gasteiger charge is -2.34. The number of anilines is 1. The van der Waals surface area contributed by atoms with E-state index in [1.807, 2.05) is 30.3 Å². The van der Waals surface area contributed by atoms with E-state index in [2.05, 4.69) is 28.7 Å². The van der Waals surface area contributed by atoms with Crippen molar-refractivity contribution in [1.29, 1.82) is 15.8 Å². The second-order valence-electron chi connectivity index (χ2n) is 7.00. The van der Waals surface area contributed by atoms with Gasteiger partial charge in [-0.3, -0.25) is 15.5 Å². The molecule has 0 unspecified atom stereocenters. The molecule has 156 valence electrons. The summed E-state index contributed by atoms with van der Waals surface area (Å²) in [6.07, 6.45) is 2.17. The number of non-ortho nitro benzene ring substituents is 1. The Morgan fingerprint density at radius 3 is 1.87 bits per heavy atom. The fourth-order valence-corrected chi connectivity index (χ4v) is 3.48. The van der Waals surface area contributed by atoms with E-state index >= 15 is 0 Å². The van der Waals surface area contributed by atoms with E-state index < -0.39 is 10.3 Å². The van der Waals surface area contributed by atoms with Gasteiger partial charge in [0.25, 0.3) is 5.69 Å². The molecule has 2 aromatic rings. The van der Waals surface area contributed by atoms with Crippen LogP contribution < -0.4 is 5.43 Å². The highest BCUT2D eigenvalue weighted by Crippen LogP contribution is 2.39. The highest BCUT2D eigenvalue weighted by atomic mass is 16.6. The van der Waals surface area contributed by atoms with Crippen molar-refractivity contribution in [1.82, 2.24) is 0 Å². The number of nitrogens with zero attached hydrogens (tertiary/aromatic N) is 5. The summed E-state index contributed by atoms with van der Waals surface area (Å²) in [4.78, 5) is 10.4. The molecule has 0 saturated heterocycles. The van der Waals surface area contributed by atoms with Gasteiger partial charge in [-0.1, -0.05) is 30.3 Å². The van der Waals surface area contributed by atoms with Gasteiger partial charge in [0.15, 0.2) is 0 Å². The number of hydrogen-bond donors (Lipinski definition) is 1. The zero-order valence-electron chi connectivity index (χ0n) is 17.0. The number of hydrazone groups is 1. The first-order valence-corrected chi connectivity index (χ1v) is 9.81. The number of benzene rings is 2. The molecule has 0 spiro atoms. The van der Waals surface area contributed by atoms with E-state index in [1.165, 1.54) is 12.1 Å². The lowest BCUT2D eigenvalue weighted by Crippen LogP contribution is -2.33. The van der Waals surface area contributed by atoms with Gasteiger partial charge in [-0.15, -0.1) is 0 Å². The number of rotatable bonds is 11. The van der Waals surface area contributed by atoms with Crippen molar-refractivity contribution in [3.05, 3.63) is 70.3 Å². The molecule has 0 aliphatic rings. The fourth-order valence-electron chi connectivity index (χ4n) is 3.48. The normalized spacial score (nSPS) is 11.1. The van der Waals surface area contributed by atoms with Crippen LogP contribution in [0.2, 0.25) is 0 Å². The third-order valence-corrected chi connectivity index (χ3v) is 5.07. The topological polar surface area (TPSA) is 139 Å². The van der Waals surface area contributed by atoms with Crippen LogP contribution >= 0.6 is 0 Å². The van der Waals surface area contributed by atoms with Crippen LogP contribution in [-0.4, -0.2) is 10.6 Å². The highest BCUT2D eigenvalue weighted by Gasteiger charge is 2.36. The SMILES string of the molecule is N#CCCC(CCC#N)(CCC#N)/C(=N\Nc1ccc([N+](=O)[O-])cc1)c1ccccc1. The minimum absolute atomic E-state index is 0.0239. The Balaban J connectivity index is 2.52. The first-order chi connectivity index (χ1) is 15.1. The van der Waals surface area contributed by atoms with Crippen LogP contribution in [0.4, 0.5) is 11.4 Å². The maximum Gasteiger partial charge on any atom is 0.269 e. The van der Waals surface area contributed by atoms with Crippen LogP contribution in [-0.2, 0) is 0 Å². The molecule has 0 aromatic heterocycles. The standard InChI is InChI=1S/C23H22N6O2/c24-16-4-13-23(14-5-17-25,15-6-18-26)22(19-7-2-1-3-8-19)28-27-20-9-11-21(12-10-20)29(30)31/h1-3,7-12,27H,4-6,13-15H2/b28-22-. The Labute approximate surface area is 181 Å². The summed E-state index contributed by atoms with van der Waals surface area (Å²) in [5, 5.41) is 43.2. The Morgan fingerprint density at radius 2 is 1.42 bits per heavy atom. The molecule has 0 heterocycles. The van der Waals surface area contributed by atoms with Gasteiger partial charge in [0.1, 0.15) is 0 Å². The molecule has 8 heteroatoms. The Kier molecular flexibility index (Phi) is 8.71. The Hall–Kier alpha value is -4.22. The number of nitro groups is 1. The highest BCUT2D eigenvalue weighted by molar-refractivity contribution is 6.05. The first-order valence-electron chi connectivity index (χ1n) is 9.81. The molecule has 8 nitrogen and oxygen atoms in total. The molecule has 2 rings (SSSR count). The summed E-state index contributed by atoms with van der Waals surface area (Å²) < 4.78 is 0. The quantitative estimate of drug-likeness (QED) is 0.300. The maximum absolute atomic E-state index is 10.9. The van der Waals surface area contributed by atoms with Crippen molar-refractivity contribution in [2.45, 2.75) is 38.5 Å². The predicted octanol–water partition coefficient (Wildman–Crippen LogP) is 5.31. The van der Waals surface area contributed by atoms with Gasteiger partial charge in [-0.25, -0.2) is 0 Å². The molecule has 0 aliphatic carbocycles. The van der Waals surface area contributed by atoms with Gasteiger partial charge in [0, 0.05) is 36.8 Å². The molecule has 0 aliphatic heterocycles. The van der Waals surface area contributed by atoms with Crippen molar-refractivity contribution in [3.63, 3.8) is 0 Å². The molecular formula is C23H22N6O2. The minimum atomic E-state index is -0.643.